The fraction of sp³-hybridized carbons (Fsp3) is 0.412. The number of H-pyrrole nitrogens is 1. The monoisotopic (exact) mass is 331 g/mol. The summed E-state index contributed by atoms with van der Waals surface area (Å²) in [5.74, 6) is -0.214. The third-order valence-corrected chi connectivity index (χ3v) is 4.47. The van der Waals surface area contributed by atoms with E-state index >= 15 is 0 Å². The number of carbonyl (C=O) groups is 1. The van der Waals surface area contributed by atoms with Crippen molar-refractivity contribution in [1.82, 2.24) is 10.2 Å². The van der Waals surface area contributed by atoms with E-state index in [9.17, 15) is 9.18 Å². The fourth-order valence-electron chi connectivity index (χ4n) is 3.38. The van der Waals surface area contributed by atoms with Crippen LogP contribution in [0.25, 0.3) is 0 Å². The standard InChI is InChI=1S/C17H18FN3O3/c1-9-7-12-15(10(2)24-9)19-20-16(12)17(22)21-5-6-23-14-8-11(18)3-4-13(14)21/h3-4,8-10H,5-7H2,1-2H3,(H,19,20)/t9-,10+/m1/s1. The van der Waals surface area contributed by atoms with Crippen molar-refractivity contribution in [3.05, 3.63) is 41.0 Å². The first-order valence-corrected chi connectivity index (χ1v) is 8.01. The van der Waals surface area contributed by atoms with Gasteiger partial charge in [0.25, 0.3) is 5.91 Å². The Balaban J connectivity index is 1.72. The van der Waals surface area contributed by atoms with E-state index in [1.54, 1.807) is 11.0 Å². The van der Waals surface area contributed by atoms with Crippen LogP contribution in [0.5, 0.6) is 5.75 Å². The maximum atomic E-state index is 13.4. The molecule has 0 radical (unpaired) electrons. The van der Waals surface area contributed by atoms with Gasteiger partial charge in [0.15, 0.2) is 5.69 Å². The molecule has 24 heavy (non-hydrogen) atoms. The lowest BCUT2D eigenvalue weighted by atomic mass is 9.99. The molecule has 0 fully saturated rings. The molecule has 2 aliphatic rings. The maximum absolute atomic E-state index is 13.4. The largest absolute Gasteiger partial charge is 0.489 e. The number of benzene rings is 1. The van der Waals surface area contributed by atoms with Crippen molar-refractivity contribution in [3.63, 3.8) is 0 Å². The number of rotatable bonds is 1. The van der Waals surface area contributed by atoms with Crippen LogP contribution in [-0.2, 0) is 11.2 Å². The molecule has 1 N–H and O–H groups in total. The molecule has 2 aromatic rings. The molecule has 7 heteroatoms. The Morgan fingerprint density at radius 2 is 2.25 bits per heavy atom. The van der Waals surface area contributed by atoms with Gasteiger partial charge in [-0.25, -0.2) is 4.39 Å². The second-order valence-electron chi connectivity index (χ2n) is 6.17. The van der Waals surface area contributed by atoms with Crippen LogP contribution in [0.15, 0.2) is 18.2 Å². The molecule has 0 saturated carbocycles. The lowest BCUT2D eigenvalue weighted by Gasteiger charge is -2.30. The highest BCUT2D eigenvalue weighted by molar-refractivity contribution is 6.07. The zero-order valence-electron chi connectivity index (χ0n) is 13.5. The first kappa shape index (κ1) is 15.1. The first-order chi connectivity index (χ1) is 11.5. The van der Waals surface area contributed by atoms with Crippen LogP contribution < -0.4 is 9.64 Å². The smallest absolute Gasteiger partial charge is 0.279 e. The average Bonchev–Trinajstić information content (AvgIpc) is 2.97. The highest BCUT2D eigenvalue weighted by Gasteiger charge is 2.33. The molecule has 3 heterocycles. The fourth-order valence-corrected chi connectivity index (χ4v) is 3.38. The molecule has 0 spiro atoms. The molecule has 1 aromatic heterocycles. The molecule has 2 atom stereocenters. The number of ether oxygens (including phenoxy) is 2. The van der Waals surface area contributed by atoms with Gasteiger partial charge in [0.1, 0.15) is 18.2 Å². The van der Waals surface area contributed by atoms with Crippen LogP contribution in [0, 0.1) is 5.82 Å². The molecule has 1 amide bonds. The third-order valence-electron chi connectivity index (χ3n) is 4.47. The number of halogens is 1. The first-order valence-electron chi connectivity index (χ1n) is 8.01. The Morgan fingerprint density at radius 3 is 3.08 bits per heavy atom. The number of hydrogen-bond donors (Lipinski definition) is 1. The summed E-state index contributed by atoms with van der Waals surface area (Å²) < 4.78 is 24.6. The van der Waals surface area contributed by atoms with Crippen LogP contribution in [0.1, 0.15) is 41.7 Å². The Labute approximate surface area is 138 Å². The third kappa shape index (κ3) is 2.36. The highest BCUT2D eigenvalue weighted by atomic mass is 19.1. The normalized spacial score (nSPS) is 22.5. The van der Waals surface area contributed by atoms with Crippen molar-refractivity contribution in [1.29, 1.82) is 0 Å². The van der Waals surface area contributed by atoms with Crippen molar-refractivity contribution in [3.8, 4) is 5.75 Å². The lowest BCUT2D eigenvalue weighted by molar-refractivity contribution is -0.00696. The highest BCUT2D eigenvalue weighted by Crippen LogP contribution is 2.35. The number of amides is 1. The molecule has 0 aliphatic carbocycles. The number of nitrogens with zero attached hydrogens (tertiary/aromatic N) is 2. The Hall–Kier alpha value is -2.41. The van der Waals surface area contributed by atoms with Crippen molar-refractivity contribution >= 4 is 11.6 Å². The van der Waals surface area contributed by atoms with Gasteiger partial charge in [-0.2, -0.15) is 5.10 Å². The topological polar surface area (TPSA) is 67.5 Å². The van der Waals surface area contributed by atoms with E-state index in [1.165, 1.54) is 12.1 Å². The van der Waals surface area contributed by atoms with Gasteiger partial charge >= 0.3 is 0 Å². The zero-order chi connectivity index (χ0) is 16.8. The number of anilines is 1. The average molecular weight is 331 g/mol. The molecule has 0 saturated heterocycles. The van der Waals surface area contributed by atoms with E-state index in [2.05, 4.69) is 10.2 Å². The van der Waals surface area contributed by atoms with E-state index in [-0.39, 0.29) is 23.9 Å². The van der Waals surface area contributed by atoms with Crippen LogP contribution in [-0.4, -0.2) is 35.4 Å². The molecule has 4 rings (SSSR count). The molecule has 2 aliphatic heterocycles. The van der Waals surface area contributed by atoms with Crippen LogP contribution in [0.3, 0.4) is 0 Å². The van der Waals surface area contributed by atoms with Gasteiger partial charge in [-0.05, 0) is 26.0 Å². The molecule has 6 nitrogen and oxygen atoms in total. The molecule has 0 unspecified atom stereocenters. The SMILES string of the molecule is C[C@@H]1Cc2c(C(=O)N3CCOc4cc(F)ccc43)n[nH]c2[C@H](C)O1. The summed E-state index contributed by atoms with van der Waals surface area (Å²) in [6.45, 7) is 4.65. The molecular weight excluding hydrogens is 313 g/mol. The molecular formula is C17H18FN3O3. The van der Waals surface area contributed by atoms with Crippen molar-refractivity contribution in [2.45, 2.75) is 32.5 Å². The zero-order valence-corrected chi connectivity index (χ0v) is 13.5. The summed E-state index contributed by atoms with van der Waals surface area (Å²) in [5, 5.41) is 7.17. The minimum Gasteiger partial charge on any atom is -0.489 e. The summed E-state index contributed by atoms with van der Waals surface area (Å²) in [6, 6.07) is 4.19. The minimum atomic E-state index is -0.389. The molecule has 0 bridgehead atoms. The van der Waals surface area contributed by atoms with Crippen LogP contribution >= 0.6 is 0 Å². The van der Waals surface area contributed by atoms with Gasteiger partial charge in [-0.1, -0.05) is 0 Å². The number of aromatic amines is 1. The van der Waals surface area contributed by atoms with Gasteiger partial charge in [-0.15, -0.1) is 0 Å². The van der Waals surface area contributed by atoms with Crippen molar-refractivity contribution < 1.29 is 18.7 Å². The second-order valence-corrected chi connectivity index (χ2v) is 6.17. The Morgan fingerprint density at radius 1 is 1.42 bits per heavy atom. The van der Waals surface area contributed by atoms with Gasteiger partial charge in [0, 0.05) is 18.1 Å². The van der Waals surface area contributed by atoms with Gasteiger partial charge in [0.05, 0.1) is 30.1 Å². The van der Waals surface area contributed by atoms with E-state index in [1.807, 2.05) is 13.8 Å². The number of fused-ring (bicyclic) bond motifs is 2. The van der Waals surface area contributed by atoms with Gasteiger partial charge < -0.3 is 14.4 Å². The quantitative estimate of drug-likeness (QED) is 0.872. The summed E-state index contributed by atoms with van der Waals surface area (Å²) >= 11 is 0. The number of nitrogens with one attached hydrogen (secondary N) is 1. The number of aromatic nitrogens is 2. The Bertz CT molecular complexity index is 804. The van der Waals surface area contributed by atoms with Crippen LogP contribution in [0.4, 0.5) is 10.1 Å². The molecule has 1 aromatic carbocycles. The van der Waals surface area contributed by atoms with E-state index in [4.69, 9.17) is 9.47 Å². The number of hydrogen-bond acceptors (Lipinski definition) is 4. The lowest BCUT2D eigenvalue weighted by Crippen LogP contribution is -2.39. The van der Waals surface area contributed by atoms with Gasteiger partial charge in [-0.3, -0.25) is 9.89 Å². The Kier molecular flexibility index (Phi) is 3.53. The van der Waals surface area contributed by atoms with Crippen molar-refractivity contribution in [2.24, 2.45) is 0 Å². The van der Waals surface area contributed by atoms with E-state index < -0.39 is 0 Å². The predicted molar refractivity (Wildman–Crippen MR) is 84.8 cm³/mol. The summed E-state index contributed by atoms with van der Waals surface area (Å²) in [5.41, 5.74) is 2.73. The summed E-state index contributed by atoms with van der Waals surface area (Å²) in [7, 11) is 0. The second kappa shape index (κ2) is 5.59. The van der Waals surface area contributed by atoms with Crippen LogP contribution in [0.2, 0.25) is 0 Å². The maximum Gasteiger partial charge on any atom is 0.279 e. The van der Waals surface area contributed by atoms with E-state index in [0.29, 0.717) is 36.7 Å². The number of carbonyl (C=O) groups excluding carboxylic acids is 1. The summed E-state index contributed by atoms with van der Waals surface area (Å²) in [6.07, 6.45) is 0.546. The molecule has 126 valence electrons. The summed E-state index contributed by atoms with van der Waals surface area (Å²) in [4.78, 5) is 14.6. The van der Waals surface area contributed by atoms with Gasteiger partial charge in [0.2, 0.25) is 0 Å². The predicted octanol–water partition coefficient (Wildman–Crippen LogP) is 2.61. The van der Waals surface area contributed by atoms with E-state index in [0.717, 1.165) is 11.3 Å². The van der Waals surface area contributed by atoms with Crippen molar-refractivity contribution in [2.75, 3.05) is 18.1 Å². The minimum absolute atomic E-state index is 0.0303.